The highest BCUT2D eigenvalue weighted by molar-refractivity contribution is 6.33. The van der Waals surface area contributed by atoms with Gasteiger partial charge in [-0.2, -0.15) is 0 Å². The molecule has 0 aliphatic carbocycles. The second-order valence-electron chi connectivity index (χ2n) is 10.9. The number of carbonyl (C=O) groups excluding carboxylic acids is 3. The van der Waals surface area contributed by atoms with Gasteiger partial charge in [-0.3, -0.25) is 0 Å². The molecular weight excluding hydrogens is 580 g/mol. The molecule has 0 N–H and O–H groups in total. The summed E-state index contributed by atoms with van der Waals surface area (Å²) in [6.07, 6.45) is 10.8. The van der Waals surface area contributed by atoms with Gasteiger partial charge < -0.3 is 18.9 Å². The average molecular weight is 623 g/mol. The molecule has 8 heteroatoms. The molecule has 0 bridgehead atoms. The lowest BCUT2D eigenvalue weighted by atomic mass is 10.1. The number of esters is 3. The third-order valence-electron chi connectivity index (χ3n) is 7.22. The Hall–Kier alpha value is -3.84. The molecule has 0 saturated heterocycles. The molecule has 236 valence electrons. The van der Waals surface area contributed by atoms with Crippen molar-refractivity contribution in [3.63, 3.8) is 0 Å². The summed E-state index contributed by atoms with van der Waals surface area (Å²) >= 11 is 6.24. The minimum absolute atomic E-state index is 0.120. The van der Waals surface area contributed by atoms with Gasteiger partial charge in [-0.05, 0) is 73.0 Å². The zero-order chi connectivity index (χ0) is 31.7. The van der Waals surface area contributed by atoms with E-state index in [1.807, 2.05) is 13.8 Å². The molecule has 1 atom stereocenters. The third-order valence-corrected chi connectivity index (χ3v) is 7.54. The van der Waals surface area contributed by atoms with Crippen LogP contribution >= 0.6 is 11.6 Å². The molecule has 0 heterocycles. The zero-order valence-electron chi connectivity index (χ0n) is 25.9. The lowest BCUT2D eigenvalue weighted by Crippen LogP contribution is -2.12. The molecule has 7 nitrogen and oxygen atoms in total. The summed E-state index contributed by atoms with van der Waals surface area (Å²) in [4.78, 5) is 37.5. The van der Waals surface area contributed by atoms with Crippen molar-refractivity contribution < 1.29 is 33.3 Å². The molecule has 44 heavy (non-hydrogen) atoms. The lowest BCUT2D eigenvalue weighted by Gasteiger charge is -2.11. The smallest absolute Gasteiger partial charge is 0.343 e. The van der Waals surface area contributed by atoms with Gasteiger partial charge in [0.15, 0.2) is 0 Å². The Balaban J connectivity index is 1.43. The van der Waals surface area contributed by atoms with Gasteiger partial charge in [0.1, 0.15) is 17.2 Å². The van der Waals surface area contributed by atoms with Crippen LogP contribution in [0.4, 0.5) is 0 Å². The van der Waals surface area contributed by atoms with Gasteiger partial charge in [0, 0.05) is 6.07 Å². The zero-order valence-corrected chi connectivity index (χ0v) is 26.7. The maximum Gasteiger partial charge on any atom is 0.343 e. The summed E-state index contributed by atoms with van der Waals surface area (Å²) in [6.45, 7) is 7.18. The summed E-state index contributed by atoms with van der Waals surface area (Å²) in [5, 5.41) is 0.120. The Morgan fingerprint density at radius 1 is 0.659 bits per heavy atom. The molecule has 0 aromatic heterocycles. The van der Waals surface area contributed by atoms with E-state index in [9.17, 15) is 14.4 Å². The number of halogens is 1. The van der Waals surface area contributed by atoms with Crippen LogP contribution in [-0.2, 0) is 4.74 Å². The molecule has 3 aromatic rings. The average Bonchev–Trinajstić information content (AvgIpc) is 3.03. The Kier molecular flexibility index (Phi) is 14.8. The van der Waals surface area contributed by atoms with Crippen molar-refractivity contribution in [3.05, 3.63) is 88.4 Å². The summed E-state index contributed by atoms with van der Waals surface area (Å²) < 4.78 is 21.9. The van der Waals surface area contributed by atoms with Crippen molar-refractivity contribution in [1.82, 2.24) is 0 Å². The second kappa shape index (κ2) is 18.7. The number of carbonyl (C=O) groups is 3. The Morgan fingerprint density at radius 3 is 1.75 bits per heavy atom. The topological polar surface area (TPSA) is 88.1 Å². The maximum absolute atomic E-state index is 12.6. The van der Waals surface area contributed by atoms with Crippen molar-refractivity contribution in [2.45, 2.75) is 78.6 Å². The van der Waals surface area contributed by atoms with Gasteiger partial charge in [-0.25, -0.2) is 14.4 Å². The molecule has 0 aliphatic rings. The predicted octanol–water partition coefficient (Wildman–Crippen LogP) is 9.50. The minimum atomic E-state index is -0.631. The van der Waals surface area contributed by atoms with Crippen LogP contribution < -0.4 is 14.2 Å². The van der Waals surface area contributed by atoms with E-state index in [1.165, 1.54) is 81.0 Å². The first-order valence-corrected chi connectivity index (χ1v) is 15.9. The summed E-state index contributed by atoms with van der Waals surface area (Å²) in [7, 11) is 0. The predicted molar refractivity (Wildman–Crippen MR) is 172 cm³/mol. The first kappa shape index (κ1) is 34.6. The van der Waals surface area contributed by atoms with E-state index < -0.39 is 17.9 Å². The number of unbranched alkanes of at least 4 members (excludes halogenated alkanes) is 7. The van der Waals surface area contributed by atoms with Crippen molar-refractivity contribution in [1.29, 1.82) is 0 Å². The molecular formula is C36H43ClO7. The normalized spacial score (nSPS) is 11.5. The quantitative estimate of drug-likeness (QED) is 0.0793. The van der Waals surface area contributed by atoms with Crippen LogP contribution in [0.3, 0.4) is 0 Å². The summed E-state index contributed by atoms with van der Waals surface area (Å²) in [6, 6.07) is 17.2. The van der Waals surface area contributed by atoms with Crippen LogP contribution in [0, 0.1) is 5.92 Å². The fourth-order valence-electron chi connectivity index (χ4n) is 4.24. The van der Waals surface area contributed by atoms with Gasteiger partial charge in [0.25, 0.3) is 0 Å². The molecule has 0 amide bonds. The maximum atomic E-state index is 12.6. The van der Waals surface area contributed by atoms with Crippen molar-refractivity contribution in [2.75, 3.05) is 13.2 Å². The first-order valence-electron chi connectivity index (χ1n) is 15.5. The van der Waals surface area contributed by atoms with Gasteiger partial charge in [-0.1, -0.05) is 83.7 Å². The van der Waals surface area contributed by atoms with E-state index in [4.69, 9.17) is 30.5 Å². The number of benzene rings is 3. The van der Waals surface area contributed by atoms with Crippen LogP contribution in [-0.4, -0.2) is 31.1 Å². The number of ether oxygens (including phenoxy) is 4. The van der Waals surface area contributed by atoms with Crippen LogP contribution in [0.2, 0.25) is 5.02 Å². The highest BCUT2D eigenvalue weighted by atomic mass is 35.5. The SMILES string of the molecule is CCCCCCCCCCOc1ccc(C(=O)Oc2ccc(C(=O)Oc3ccc(C(=O)OC[C@@H](C)CC)c(Cl)c3)cc2)cc1. The first-order chi connectivity index (χ1) is 21.3. The monoisotopic (exact) mass is 622 g/mol. The van der Waals surface area contributed by atoms with Gasteiger partial charge >= 0.3 is 17.9 Å². The van der Waals surface area contributed by atoms with Gasteiger partial charge in [0.2, 0.25) is 0 Å². The molecule has 0 spiro atoms. The highest BCUT2D eigenvalue weighted by Gasteiger charge is 2.16. The summed E-state index contributed by atoms with van der Waals surface area (Å²) in [5.41, 5.74) is 0.829. The van der Waals surface area contributed by atoms with E-state index in [0.29, 0.717) is 24.5 Å². The summed E-state index contributed by atoms with van der Waals surface area (Å²) in [5.74, 6) is -0.264. The standard InChI is InChI=1S/C36H43ClO7/c1-4-6-7-8-9-10-11-12-23-41-29-17-13-27(14-18-29)34(38)43-30-19-15-28(16-20-30)35(39)44-31-21-22-32(33(37)24-31)36(40)42-25-26(3)5-2/h13-22,24,26H,4-12,23,25H2,1-3H3/t26-/m0/s1. The van der Waals surface area contributed by atoms with Crippen molar-refractivity contribution in [3.8, 4) is 17.2 Å². The molecule has 3 rings (SSSR count). The number of rotatable bonds is 18. The molecule has 0 radical (unpaired) electrons. The van der Waals surface area contributed by atoms with Crippen LogP contribution in [0.5, 0.6) is 17.2 Å². The van der Waals surface area contributed by atoms with E-state index in [2.05, 4.69) is 6.92 Å². The number of hydrogen-bond donors (Lipinski definition) is 0. The van der Waals surface area contributed by atoms with E-state index in [-0.39, 0.29) is 33.6 Å². The van der Waals surface area contributed by atoms with Gasteiger partial charge in [-0.15, -0.1) is 0 Å². The molecule has 0 unspecified atom stereocenters. The van der Waals surface area contributed by atoms with Crippen LogP contribution in [0.1, 0.15) is 110 Å². The minimum Gasteiger partial charge on any atom is -0.494 e. The molecule has 0 fully saturated rings. The lowest BCUT2D eigenvalue weighted by molar-refractivity contribution is 0.0447. The van der Waals surface area contributed by atoms with E-state index in [1.54, 1.807) is 24.3 Å². The van der Waals surface area contributed by atoms with Gasteiger partial charge in [0.05, 0.1) is 34.9 Å². The second-order valence-corrected chi connectivity index (χ2v) is 11.3. The molecule has 3 aromatic carbocycles. The van der Waals surface area contributed by atoms with Crippen molar-refractivity contribution in [2.24, 2.45) is 5.92 Å². The highest BCUT2D eigenvalue weighted by Crippen LogP contribution is 2.25. The number of hydrogen-bond acceptors (Lipinski definition) is 7. The fourth-order valence-corrected chi connectivity index (χ4v) is 4.49. The third kappa shape index (κ3) is 11.7. The van der Waals surface area contributed by atoms with Crippen molar-refractivity contribution >= 4 is 29.5 Å². The van der Waals surface area contributed by atoms with E-state index >= 15 is 0 Å². The largest absolute Gasteiger partial charge is 0.494 e. The Bertz CT molecular complexity index is 1340. The molecule has 0 aliphatic heterocycles. The van der Waals surface area contributed by atoms with Crippen LogP contribution in [0.25, 0.3) is 0 Å². The fraction of sp³-hybridized carbons (Fsp3) is 0.417. The van der Waals surface area contributed by atoms with Crippen LogP contribution in [0.15, 0.2) is 66.7 Å². The molecule has 0 saturated carbocycles. The van der Waals surface area contributed by atoms with E-state index in [0.717, 1.165) is 19.3 Å². The Labute approximate surface area is 265 Å². The Morgan fingerprint density at radius 2 is 1.18 bits per heavy atom.